The number of carbonyl (C=O) groups is 2. The van der Waals surface area contributed by atoms with Crippen molar-refractivity contribution in [3.8, 4) is 0 Å². The van der Waals surface area contributed by atoms with E-state index >= 15 is 0 Å². The Morgan fingerprint density at radius 1 is 1.04 bits per heavy atom. The standard InChI is InChI=1S/C19H23F3O4/c1-18(2,3)10-9-14(15(16(23)25-4)17(24)26-5)12-7-6-8-13(11-12)19(20,21)22/h6-11,14-15H,1-5H3/b10-9+. The number of esters is 2. The Labute approximate surface area is 151 Å². The number of benzene rings is 1. The van der Waals surface area contributed by atoms with Crippen LogP contribution in [0.5, 0.6) is 0 Å². The summed E-state index contributed by atoms with van der Waals surface area (Å²) in [7, 11) is 2.21. The first-order valence-corrected chi connectivity index (χ1v) is 7.93. The van der Waals surface area contributed by atoms with Crippen molar-refractivity contribution < 1.29 is 32.2 Å². The van der Waals surface area contributed by atoms with Crippen LogP contribution >= 0.6 is 0 Å². The maximum absolute atomic E-state index is 13.1. The van der Waals surface area contributed by atoms with Crippen LogP contribution in [0.3, 0.4) is 0 Å². The van der Waals surface area contributed by atoms with Gasteiger partial charge in [0.1, 0.15) is 0 Å². The maximum atomic E-state index is 13.1. The van der Waals surface area contributed by atoms with Gasteiger partial charge in [-0.05, 0) is 17.0 Å². The normalized spacial score (nSPS) is 13.7. The second-order valence-electron chi connectivity index (χ2n) is 6.90. The van der Waals surface area contributed by atoms with Crippen LogP contribution < -0.4 is 0 Å². The van der Waals surface area contributed by atoms with Gasteiger partial charge in [0.15, 0.2) is 5.92 Å². The fraction of sp³-hybridized carbons (Fsp3) is 0.474. The van der Waals surface area contributed by atoms with E-state index in [9.17, 15) is 22.8 Å². The topological polar surface area (TPSA) is 52.6 Å². The molecule has 4 nitrogen and oxygen atoms in total. The Morgan fingerprint density at radius 2 is 1.58 bits per heavy atom. The highest BCUT2D eigenvalue weighted by Gasteiger charge is 2.38. The molecule has 0 aliphatic heterocycles. The lowest BCUT2D eigenvalue weighted by molar-refractivity contribution is -0.159. The molecular weight excluding hydrogens is 349 g/mol. The lowest BCUT2D eigenvalue weighted by Crippen LogP contribution is -2.32. The molecule has 144 valence electrons. The fourth-order valence-corrected chi connectivity index (χ4v) is 2.37. The second-order valence-corrected chi connectivity index (χ2v) is 6.90. The van der Waals surface area contributed by atoms with Gasteiger partial charge in [0.05, 0.1) is 19.8 Å². The van der Waals surface area contributed by atoms with Crippen LogP contribution in [-0.2, 0) is 25.2 Å². The molecule has 0 spiro atoms. The molecule has 1 atom stereocenters. The Balaban J connectivity index is 3.52. The molecule has 0 N–H and O–H groups in total. The highest BCUT2D eigenvalue weighted by atomic mass is 19.4. The van der Waals surface area contributed by atoms with Crippen LogP contribution in [0.15, 0.2) is 36.4 Å². The highest BCUT2D eigenvalue weighted by Crippen LogP contribution is 2.35. The number of rotatable bonds is 5. The Hall–Kier alpha value is -2.31. The zero-order valence-corrected chi connectivity index (χ0v) is 15.4. The van der Waals surface area contributed by atoms with Crippen LogP contribution in [-0.4, -0.2) is 26.2 Å². The second kappa shape index (κ2) is 8.38. The van der Waals surface area contributed by atoms with Gasteiger partial charge < -0.3 is 9.47 Å². The molecule has 0 saturated heterocycles. The summed E-state index contributed by atoms with van der Waals surface area (Å²) in [6, 6.07) is 4.53. The molecule has 0 heterocycles. The first-order valence-electron chi connectivity index (χ1n) is 7.93. The summed E-state index contributed by atoms with van der Waals surface area (Å²) in [6.45, 7) is 5.66. The molecule has 0 saturated carbocycles. The quantitative estimate of drug-likeness (QED) is 0.438. The van der Waals surface area contributed by atoms with E-state index in [1.165, 1.54) is 12.1 Å². The predicted octanol–water partition coefficient (Wildman–Crippen LogP) is 4.35. The van der Waals surface area contributed by atoms with Crippen molar-refractivity contribution >= 4 is 11.9 Å². The van der Waals surface area contributed by atoms with Gasteiger partial charge in [-0.25, -0.2) is 0 Å². The van der Waals surface area contributed by atoms with Gasteiger partial charge in [0.2, 0.25) is 0 Å². The van der Waals surface area contributed by atoms with E-state index in [1.807, 2.05) is 20.8 Å². The Morgan fingerprint density at radius 3 is 2.00 bits per heavy atom. The van der Waals surface area contributed by atoms with Crippen molar-refractivity contribution in [3.63, 3.8) is 0 Å². The van der Waals surface area contributed by atoms with Crippen molar-refractivity contribution in [1.82, 2.24) is 0 Å². The molecule has 0 amide bonds. The summed E-state index contributed by atoms with van der Waals surface area (Å²) in [6.07, 6.45) is -1.26. The summed E-state index contributed by atoms with van der Waals surface area (Å²) in [5.41, 5.74) is -1.00. The maximum Gasteiger partial charge on any atom is 0.416 e. The van der Waals surface area contributed by atoms with Gasteiger partial charge in [-0.15, -0.1) is 0 Å². The Bertz CT molecular complexity index is 656. The third-order valence-corrected chi connectivity index (χ3v) is 3.67. The minimum atomic E-state index is -4.54. The van der Waals surface area contributed by atoms with E-state index < -0.39 is 35.5 Å². The zero-order chi connectivity index (χ0) is 20.1. The monoisotopic (exact) mass is 372 g/mol. The first-order chi connectivity index (χ1) is 11.9. The van der Waals surface area contributed by atoms with Gasteiger partial charge in [0, 0.05) is 5.92 Å². The molecule has 1 unspecified atom stereocenters. The molecule has 0 aliphatic carbocycles. The molecule has 0 aliphatic rings. The van der Waals surface area contributed by atoms with Gasteiger partial charge >= 0.3 is 18.1 Å². The van der Waals surface area contributed by atoms with E-state index in [2.05, 4.69) is 9.47 Å². The van der Waals surface area contributed by atoms with E-state index in [0.29, 0.717) is 0 Å². The van der Waals surface area contributed by atoms with Gasteiger partial charge in [0.25, 0.3) is 0 Å². The van der Waals surface area contributed by atoms with E-state index in [1.54, 1.807) is 12.2 Å². The molecule has 1 rings (SSSR count). The summed E-state index contributed by atoms with van der Waals surface area (Å²) in [5, 5.41) is 0. The number of hydrogen-bond donors (Lipinski definition) is 0. The third-order valence-electron chi connectivity index (χ3n) is 3.67. The fourth-order valence-electron chi connectivity index (χ4n) is 2.37. The highest BCUT2D eigenvalue weighted by molar-refractivity contribution is 5.96. The summed E-state index contributed by atoms with van der Waals surface area (Å²) in [5.74, 6) is -4.13. The number of carbonyl (C=O) groups excluding carboxylic acids is 2. The van der Waals surface area contributed by atoms with Crippen molar-refractivity contribution in [2.75, 3.05) is 14.2 Å². The summed E-state index contributed by atoms with van der Waals surface area (Å²) < 4.78 is 48.5. The summed E-state index contributed by atoms with van der Waals surface area (Å²) in [4.78, 5) is 24.3. The number of alkyl halides is 3. The average Bonchev–Trinajstić information content (AvgIpc) is 2.55. The SMILES string of the molecule is COC(=O)C(C(=O)OC)C(/C=C/C(C)(C)C)c1cccc(C(F)(F)F)c1. The number of hydrogen-bond acceptors (Lipinski definition) is 4. The van der Waals surface area contributed by atoms with Gasteiger partial charge in [-0.1, -0.05) is 51.1 Å². The predicted molar refractivity (Wildman–Crippen MR) is 90.3 cm³/mol. The van der Waals surface area contributed by atoms with Gasteiger partial charge in [-0.2, -0.15) is 13.2 Å². The minimum absolute atomic E-state index is 0.168. The molecule has 0 bridgehead atoms. The summed E-state index contributed by atoms with van der Waals surface area (Å²) >= 11 is 0. The lowest BCUT2D eigenvalue weighted by Gasteiger charge is -2.23. The molecule has 0 radical (unpaired) electrons. The molecule has 0 aromatic heterocycles. The molecule has 1 aromatic rings. The van der Waals surface area contributed by atoms with Crippen LogP contribution in [0, 0.1) is 11.3 Å². The van der Waals surface area contributed by atoms with E-state index in [-0.39, 0.29) is 11.0 Å². The smallest absolute Gasteiger partial charge is 0.416 e. The molecule has 0 fully saturated rings. The number of allylic oxidation sites excluding steroid dienone is 2. The lowest BCUT2D eigenvalue weighted by atomic mass is 9.82. The third kappa shape index (κ3) is 5.89. The van der Waals surface area contributed by atoms with Crippen LogP contribution in [0.25, 0.3) is 0 Å². The van der Waals surface area contributed by atoms with Crippen molar-refractivity contribution in [3.05, 3.63) is 47.5 Å². The Kier molecular flexibility index (Phi) is 7.00. The number of halogens is 3. The van der Waals surface area contributed by atoms with Crippen molar-refractivity contribution in [2.24, 2.45) is 11.3 Å². The van der Waals surface area contributed by atoms with Crippen LogP contribution in [0.4, 0.5) is 13.2 Å². The molecular formula is C19H23F3O4. The first kappa shape index (κ1) is 21.7. The molecule has 7 heteroatoms. The van der Waals surface area contributed by atoms with Crippen molar-refractivity contribution in [2.45, 2.75) is 32.9 Å². The van der Waals surface area contributed by atoms with Crippen LogP contribution in [0.2, 0.25) is 0 Å². The average molecular weight is 372 g/mol. The van der Waals surface area contributed by atoms with Crippen LogP contribution in [0.1, 0.15) is 37.8 Å². The number of ether oxygens (including phenoxy) is 2. The van der Waals surface area contributed by atoms with Crippen molar-refractivity contribution in [1.29, 1.82) is 0 Å². The minimum Gasteiger partial charge on any atom is -0.468 e. The zero-order valence-electron chi connectivity index (χ0n) is 15.4. The van der Waals surface area contributed by atoms with E-state index in [4.69, 9.17) is 0 Å². The van der Waals surface area contributed by atoms with E-state index in [0.717, 1.165) is 26.4 Å². The molecule has 1 aromatic carbocycles. The number of methoxy groups -OCH3 is 2. The van der Waals surface area contributed by atoms with Gasteiger partial charge in [-0.3, -0.25) is 9.59 Å². The largest absolute Gasteiger partial charge is 0.468 e. The molecule has 26 heavy (non-hydrogen) atoms.